The molecule has 3 rings (SSSR count). The second-order valence-corrected chi connectivity index (χ2v) is 6.10. The van der Waals surface area contributed by atoms with Crippen molar-refractivity contribution < 1.29 is 9.15 Å². The van der Waals surface area contributed by atoms with Gasteiger partial charge >= 0.3 is 0 Å². The minimum absolute atomic E-state index is 0.417. The molecule has 8 heteroatoms. The van der Waals surface area contributed by atoms with Gasteiger partial charge in [-0.3, -0.25) is 0 Å². The van der Waals surface area contributed by atoms with Crippen LogP contribution in [0.5, 0.6) is 5.75 Å². The van der Waals surface area contributed by atoms with Gasteiger partial charge in [0.05, 0.1) is 19.4 Å². The van der Waals surface area contributed by atoms with E-state index in [1.807, 2.05) is 56.3 Å². The molecule has 0 fully saturated rings. The Bertz CT molecular complexity index is 882. The number of ether oxygens (including phenoxy) is 1. The first-order valence-corrected chi connectivity index (χ1v) is 8.96. The number of rotatable bonds is 7. The van der Waals surface area contributed by atoms with Crippen molar-refractivity contribution in [3.05, 3.63) is 60.2 Å². The summed E-state index contributed by atoms with van der Waals surface area (Å²) in [4.78, 5) is 8.82. The van der Waals surface area contributed by atoms with Gasteiger partial charge in [-0.15, -0.1) is 0 Å². The highest BCUT2D eigenvalue weighted by atomic mass is 32.1. The SMILES string of the molecule is CCOc1ccc(Nc2cc(C)nc(NC(=S)NCc3ccco3)n2)cc1. The Balaban J connectivity index is 1.62. The van der Waals surface area contributed by atoms with Crippen molar-refractivity contribution >= 4 is 34.8 Å². The fourth-order valence-corrected chi connectivity index (χ4v) is 2.53. The maximum atomic E-state index is 5.45. The van der Waals surface area contributed by atoms with E-state index in [1.54, 1.807) is 6.26 Å². The van der Waals surface area contributed by atoms with Crippen molar-refractivity contribution in [3.63, 3.8) is 0 Å². The minimum Gasteiger partial charge on any atom is -0.494 e. The lowest BCUT2D eigenvalue weighted by Gasteiger charge is -2.12. The molecule has 0 radical (unpaired) electrons. The van der Waals surface area contributed by atoms with Crippen LogP contribution in [0.1, 0.15) is 18.4 Å². The number of aromatic nitrogens is 2. The molecule has 0 unspecified atom stereocenters. The van der Waals surface area contributed by atoms with Gasteiger partial charge in [-0.25, -0.2) is 4.98 Å². The van der Waals surface area contributed by atoms with Gasteiger partial charge in [-0.1, -0.05) is 0 Å². The summed E-state index contributed by atoms with van der Waals surface area (Å²) < 4.78 is 10.7. The lowest BCUT2D eigenvalue weighted by molar-refractivity contribution is 0.340. The topological polar surface area (TPSA) is 84.2 Å². The molecule has 0 aliphatic rings. The summed E-state index contributed by atoms with van der Waals surface area (Å²) in [5, 5.41) is 9.72. The molecule has 3 N–H and O–H groups in total. The van der Waals surface area contributed by atoms with Gasteiger partial charge in [-0.2, -0.15) is 4.98 Å². The van der Waals surface area contributed by atoms with E-state index in [2.05, 4.69) is 25.9 Å². The van der Waals surface area contributed by atoms with E-state index in [0.717, 1.165) is 22.9 Å². The van der Waals surface area contributed by atoms with Gasteiger partial charge in [0.2, 0.25) is 5.95 Å². The minimum atomic E-state index is 0.417. The van der Waals surface area contributed by atoms with Crippen LogP contribution < -0.4 is 20.7 Å². The molecule has 140 valence electrons. The predicted octanol–water partition coefficient (Wildman–Crippen LogP) is 4.01. The fourth-order valence-electron chi connectivity index (χ4n) is 2.36. The van der Waals surface area contributed by atoms with E-state index in [-0.39, 0.29) is 0 Å². The predicted molar refractivity (Wildman–Crippen MR) is 109 cm³/mol. The number of nitrogens with one attached hydrogen (secondary N) is 3. The zero-order chi connectivity index (χ0) is 19.1. The van der Waals surface area contributed by atoms with E-state index in [1.165, 1.54) is 0 Å². The monoisotopic (exact) mass is 383 g/mol. The lowest BCUT2D eigenvalue weighted by atomic mass is 10.3. The molecule has 27 heavy (non-hydrogen) atoms. The van der Waals surface area contributed by atoms with Crippen molar-refractivity contribution in [2.24, 2.45) is 0 Å². The Hall–Kier alpha value is -3.13. The lowest BCUT2D eigenvalue weighted by Crippen LogP contribution is -2.28. The van der Waals surface area contributed by atoms with Crippen LogP contribution >= 0.6 is 12.2 Å². The summed E-state index contributed by atoms with van der Waals surface area (Å²) in [6.45, 7) is 4.98. The first-order valence-electron chi connectivity index (χ1n) is 8.55. The normalized spacial score (nSPS) is 10.3. The van der Waals surface area contributed by atoms with Gasteiger partial charge < -0.3 is 25.1 Å². The molecule has 0 saturated heterocycles. The Morgan fingerprint density at radius 3 is 2.70 bits per heavy atom. The summed E-state index contributed by atoms with van der Waals surface area (Å²) in [5.74, 6) is 2.71. The van der Waals surface area contributed by atoms with Crippen LogP contribution in [0.4, 0.5) is 17.5 Å². The third-order valence-corrected chi connectivity index (χ3v) is 3.77. The van der Waals surface area contributed by atoms with Crippen LogP contribution in [0.15, 0.2) is 53.1 Å². The van der Waals surface area contributed by atoms with Crippen molar-refractivity contribution in [1.82, 2.24) is 15.3 Å². The Labute approximate surface area is 163 Å². The molecule has 0 spiro atoms. The molecule has 7 nitrogen and oxygen atoms in total. The third kappa shape index (κ3) is 5.68. The van der Waals surface area contributed by atoms with Crippen LogP contribution in [0.25, 0.3) is 0 Å². The number of furan rings is 1. The maximum absolute atomic E-state index is 5.45. The maximum Gasteiger partial charge on any atom is 0.231 e. The number of nitrogens with zero attached hydrogens (tertiary/aromatic N) is 2. The Morgan fingerprint density at radius 1 is 1.19 bits per heavy atom. The average molecular weight is 383 g/mol. The Morgan fingerprint density at radius 2 is 2.00 bits per heavy atom. The molecule has 1 aromatic carbocycles. The number of anilines is 3. The van der Waals surface area contributed by atoms with Crippen molar-refractivity contribution in [3.8, 4) is 5.75 Å². The highest BCUT2D eigenvalue weighted by molar-refractivity contribution is 7.80. The quantitative estimate of drug-likeness (QED) is 0.528. The highest BCUT2D eigenvalue weighted by Crippen LogP contribution is 2.20. The summed E-state index contributed by atoms with van der Waals surface area (Å²) in [6.07, 6.45) is 1.62. The summed E-state index contributed by atoms with van der Waals surface area (Å²) in [6, 6.07) is 13.3. The summed E-state index contributed by atoms with van der Waals surface area (Å²) in [7, 11) is 0. The third-order valence-electron chi connectivity index (χ3n) is 3.52. The van der Waals surface area contributed by atoms with E-state index in [9.17, 15) is 0 Å². The van der Waals surface area contributed by atoms with Crippen molar-refractivity contribution in [1.29, 1.82) is 0 Å². The van der Waals surface area contributed by atoms with Crippen LogP contribution in [0.3, 0.4) is 0 Å². The fraction of sp³-hybridized carbons (Fsp3) is 0.211. The standard InChI is InChI=1S/C19H21N5O2S/c1-3-25-15-8-6-14(7-9-15)22-17-11-13(2)21-18(23-17)24-19(27)20-12-16-5-4-10-26-16/h4-11H,3,12H2,1-2H3,(H3,20,21,22,23,24,27). The molecule has 2 aromatic heterocycles. The molecule has 3 aromatic rings. The Kier molecular flexibility index (Phi) is 6.22. The van der Waals surface area contributed by atoms with Gasteiger partial charge in [-0.05, 0) is 62.5 Å². The van der Waals surface area contributed by atoms with E-state index < -0.39 is 0 Å². The zero-order valence-electron chi connectivity index (χ0n) is 15.2. The molecule has 0 amide bonds. The molecule has 0 bridgehead atoms. The molecule has 0 atom stereocenters. The number of benzene rings is 1. The smallest absolute Gasteiger partial charge is 0.231 e. The van der Waals surface area contributed by atoms with Crippen LogP contribution in [-0.2, 0) is 6.54 Å². The molecular formula is C19H21N5O2S. The van der Waals surface area contributed by atoms with Crippen LogP contribution in [0.2, 0.25) is 0 Å². The largest absolute Gasteiger partial charge is 0.494 e. The van der Waals surface area contributed by atoms with Crippen LogP contribution in [0, 0.1) is 6.92 Å². The first kappa shape index (κ1) is 18.7. The zero-order valence-corrected chi connectivity index (χ0v) is 16.0. The molecular weight excluding hydrogens is 362 g/mol. The highest BCUT2D eigenvalue weighted by Gasteiger charge is 2.06. The summed E-state index contributed by atoms with van der Waals surface area (Å²) >= 11 is 5.29. The van der Waals surface area contributed by atoms with E-state index in [0.29, 0.717) is 30.0 Å². The molecule has 0 saturated carbocycles. The van der Waals surface area contributed by atoms with E-state index in [4.69, 9.17) is 21.4 Å². The van der Waals surface area contributed by atoms with E-state index >= 15 is 0 Å². The van der Waals surface area contributed by atoms with Gasteiger partial charge in [0.15, 0.2) is 5.11 Å². The number of hydrogen-bond acceptors (Lipinski definition) is 6. The number of aryl methyl sites for hydroxylation is 1. The number of thiocarbonyl (C=S) groups is 1. The average Bonchev–Trinajstić information content (AvgIpc) is 3.15. The van der Waals surface area contributed by atoms with Gasteiger partial charge in [0.25, 0.3) is 0 Å². The first-order chi connectivity index (χ1) is 13.1. The van der Waals surface area contributed by atoms with Gasteiger partial charge in [0, 0.05) is 17.4 Å². The second kappa shape index (κ2) is 9.00. The molecule has 2 heterocycles. The van der Waals surface area contributed by atoms with Crippen molar-refractivity contribution in [2.75, 3.05) is 17.2 Å². The molecule has 0 aliphatic carbocycles. The van der Waals surface area contributed by atoms with Crippen LogP contribution in [-0.4, -0.2) is 21.7 Å². The number of hydrogen-bond donors (Lipinski definition) is 3. The summed E-state index contributed by atoms with van der Waals surface area (Å²) in [5.41, 5.74) is 1.72. The molecule has 0 aliphatic heterocycles. The second-order valence-electron chi connectivity index (χ2n) is 5.69. The van der Waals surface area contributed by atoms with Gasteiger partial charge in [0.1, 0.15) is 17.3 Å². The van der Waals surface area contributed by atoms with Crippen molar-refractivity contribution in [2.45, 2.75) is 20.4 Å².